The van der Waals surface area contributed by atoms with E-state index in [1.54, 1.807) is 32.7 Å². The summed E-state index contributed by atoms with van der Waals surface area (Å²) in [6.07, 6.45) is 1.69. The molecule has 0 atom stereocenters. The van der Waals surface area contributed by atoms with Crippen LogP contribution in [-0.2, 0) is 6.54 Å². The molecule has 0 aliphatic rings. The molecule has 0 radical (unpaired) electrons. The summed E-state index contributed by atoms with van der Waals surface area (Å²) in [5.41, 5.74) is 3.12. The molecule has 0 unspecified atom stereocenters. The van der Waals surface area contributed by atoms with E-state index in [4.69, 9.17) is 9.47 Å². The van der Waals surface area contributed by atoms with Gasteiger partial charge in [-0.3, -0.25) is 9.20 Å². The van der Waals surface area contributed by atoms with Gasteiger partial charge >= 0.3 is 0 Å². The van der Waals surface area contributed by atoms with E-state index in [1.165, 1.54) is 0 Å². The van der Waals surface area contributed by atoms with Gasteiger partial charge in [-0.15, -0.1) is 0 Å². The van der Waals surface area contributed by atoms with E-state index in [2.05, 4.69) is 26.2 Å². The number of hydrogen-bond donors (Lipinski definition) is 1. The van der Waals surface area contributed by atoms with E-state index in [0.717, 1.165) is 21.4 Å². The molecule has 1 aromatic carbocycles. The number of carbonyl (C=O) groups is 1. The van der Waals surface area contributed by atoms with Gasteiger partial charge in [0.1, 0.15) is 17.8 Å². The Labute approximate surface area is 153 Å². The maximum Gasteiger partial charge on any atom is 0.253 e. The lowest BCUT2D eigenvalue weighted by atomic mass is 10.1. The topological polar surface area (TPSA) is 64.9 Å². The Hall–Kier alpha value is -2.54. The third kappa shape index (κ3) is 3.46. The van der Waals surface area contributed by atoms with Crippen LogP contribution in [0, 0.1) is 6.92 Å². The van der Waals surface area contributed by atoms with Crippen LogP contribution in [0.3, 0.4) is 0 Å². The molecule has 130 valence electrons. The van der Waals surface area contributed by atoms with E-state index < -0.39 is 0 Å². The number of amides is 1. The summed E-state index contributed by atoms with van der Waals surface area (Å²) in [7, 11) is 3.19. The van der Waals surface area contributed by atoms with Gasteiger partial charge in [-0.1, -0.05) is 0 Å². The van der Waals surface area contributed by atoms with Gasteiger partial charge in [0.25, 0.3) is 5.91 Å². The molecule has 0 aliphatic heterocycles. The molecule has 2 heterocycles. The number of carbonyl (C=O) groups excluding carboxylic acids is 1. The van der Waals surface area contributed by atoms with Crippen LogP contribution in [0.1, 0.15) is 21.6 Å². The molecule has 3 aromatic rings. The van der Waals surface area contributed by atoms with Crippen LogP contribution in [0.2, 0.25) is 0 Å². The standard InChI is InChI=1S/C18H18BrN3O3/c1-11-6-15-14(8-17(19)22(15)10-21-11)18(23)20-9-12-4-5-13(24-2)7-16(12)25-3/h4-8,10H,9H2,1-3H3,(H,20,23). The minimum atomic E-state index is -0.160. The Balaban J connectivity index is 1.83. The second kappa shape index (κ2) is 7.14. The summed E-state index contributed by atoms with van der Waals surface area (Å²) in [6.45, 7) is 2.25. The number of aryl methyl sites for hydroxylation is 1. The molecular weight excluding hydrogens is 386 g/mol. The summed E-state index contributed by atoms with van der Waals surface area (Å²) in [5, 5.41) is 2.94. The van der Waals surface area contributed by atoms with Crippen LogP contribution < -0.4 is 14.8 Å². The number of rotatable bonds is 5. The van der Waals surface area contributed by atoms with Crippen LogP contribution in [0.4, 0.5) is 0 Å². The SMILES string of the molecule is COc1ccc(CNC(=O)c2cc(Br)n3cnc(C)cc23)c(OC)c1. The molecule has 1 N–H and O–H groups in total. The highest BCUT2D eigenvalue weighted by molar-refractivity contribution is 9.10. The highest BCUT2D eigenvalue weighted by atomic mass is 79.9. The maximum absolute atomic E-state index is 12.6. The number of ether oxygens (including phenoxy) is 2. The maximum atomic E-state index is 12.6. The predicted octanol–water partition coefficient (Wildman–Crippen LogP) is 3.35. The zero-order chi connectivity index (χ0) is 18.0. The largest absolute Gasteiger partial charge is 0.497 e. The van der Waals surface area contributed by atoms with E-state index in [9.17, 15) is 4.79 Å². The van der Waals surface area contributed by atoms with E-state index in [-0.39, 0.29) is 5.91 Å². The van der Waals surface area contributed by atoms with Gasteiger partial charge in [0.15, 0.2) is 0 Å². The van der Waals surface area contributed by atoms with Gasteiger partial charge in [0, 0.05) is 23.9 Å². The summed E-state index contributed by atoms with van der Waals surface area (Å²) >= 11 is 3.45. The molecule has 0 spiro atoms. The summed E-state index contributed by atoms with van der Waals surface area (Å²) in [6, 6.07) is 9.18. The van der Waals surface area contributed by atoms with E-state index in [0.29, 0.717) is 23.6 Å². The zero-order valence-corrected chi connectivity index (χ0v) is 15.8. The average Bonchev–Trinajstić information content (AvgIpc) is 2.95. The lowest BCUT2D eigenvalue weighted by molar-refractivity contribution is 0.0952. The number of fused-ring (bicyclic) bond motifs is 1. The monoisotopic (exact) mass is 403 g/mol. The van der Waals surface area contributed by atoms with Crippen LogP contribution >= 0.6 is 15.9 Å². The highest BCUT2D eigenvalue weighted by Crippen LogP contribution is 2.25. The van der Waals surface area contributed by atoms with Crippen molar-refractivity contribution in [1.29, 1.82) is 0 Å². The first-order valence-electron chi connectivity index (χ1n) is 7.65. The fourth-order valence-electron chi connectivity index (χ4n) is 2.61. The quantitative estimate of drug-likeness (QED) is 0.709. The van der Waals surface area contributed by atoms with Crippen molar-refractivity contribution in [2.24, 2.45) is 0 Å². The number of nitrogens with zero attached hydrogens (tertiary/aromatic N) is 2. The fourth-order valence-corrected chi connectivity index (χ4v) is 3.12. The fraction of sp³-hybridized carbons (Fsp3) is 0.222. The van der Waals surface area contributed by atoms with Gasteiger partial charge in [-0.2, -0.15) is 0 Å². The molecule has 0 aliphatic carbocycles. The molecular formula is C18H18BrN3O3. The smallest absolute Gasteiger partial charge is 0.253 e. The number of halogens is 1. The first-order chi connectivity index (χ1) is 12.0. The van der Waals surface area contributed by atoms with E-state index in [1.807, 2.05) is 29.5 Å². The van der Waals surface area contributed by atoms with Crippen molar-refractivity contribution in [2.45, 2.75) is 13.5 Å². The van der Waals surface area contributed by atoms with Crippen LogP contribution in [-0.4, -0.2) is 29.5 Å². The lowest BCUT2D eigenvalue weighted by Gasteiger charge is -2.11. The third-order valence-corrected chi connectivity index (χ3v) is 4.54. The molecule has 25 heavy (non-hydrogen) atoms. The molecule has 0 saturated carbocycles. The number of aromatic nitrogens is 2. The summed E-state index contributed by atoms with van der Waals surface area (Å²) in [4.78, 5) is 16.9. The molecule has 3 rings (SSSR count). The van der Waals surface area contributed by atoms with Gasteiger partial charge in [-0.25, -0.2) is 4.98 Å². The minimum Gasteiger partial charge on any atom is -0.497 e. The normalized spacial score (nSPS) is 10.7. The van der Waals surface area contributed by atoms with Crippen molar-refractivity contribution < 1.29 is 14.3 Å². The second-order valence-electron chi connectivity index (χ2n) is 5.53. The zero-order valence-electron chi connectivity index (χ0n) is 14.2. The Morgan fingerprint density at radius 2 is 2.04 bits per heavy atom. The summed E-state index contributed by atoms with van der Waals surface area (Å²) < 4.78 is 13.2. The Kier molecular flexibility index (Phi) is 4.94. The van der Waals surface area contributed by atoms with Crippen molar-refractivity contribution in [3.05, 3.63) is 58.1 Å². The van der Waals surface area contributed by atoms with Gasteiger partial charge in [0.05, 0.1) is 29.9 Å². The summed E-state index contributed by atoms with van der Waals surface area (Å²) in [5.74, 6) is 1.21. The number of methoxy groups -OCH3 is 2. The molecule has 7 heteroatoms. The van der Waals surface area contributed by atoms with Crippen molar-refractivity contribution in [3.63, 3.8) is 0 Å². The second-order valence-corrected chi connectivity index (χ2v) is 6.34. The Bertz CT molecular complexity index is 937. The van der Waals surface area contributed by atoms with Gasteiger partial charge in [-0.05, 0) is 47.1 Å². The van der Waals surface area contributed by atoms with Crippen molar-refractivity contribution >= 4 is 27.4 Å². The molecule has 0 bridgehead atoms. The van der Waals surface area contributed by atoms with Crippen LogP contribution in [0.15, 0.2) is 41.3 Å². The van der Waals surface area contributed by atoms with Crippen molar-refractivity contribution in [3.8, 4) is 11.5 Å². The third-order valence-electron chi connectivity index (χ3n) is 3.93. The van der Waals surface area contributed by atoms with Crippen LogP contribution in [0.5, 0.6) is 11.5 Å². The number of benzene rings is 1. The van der Waals surface area contributed by atoms with E-state index >= 15 is 0 Å². The van der Waals surface area contributed by atoms with Gasteiger partial charge < -0.3 is 14.8 Å². The van der Waals surface area contributed by atoms with Crippen molar-refractivity contribution in [2.75, 3.05) is 14.2 Å². The molecule has 1 amide bonds. The molecule has 0 fully saturated rings. The molecule has 2 aromatic heterocycles. The molecule has 6 nitrogen and oxygen atoms in total. The average molecular weight is 404 g/mol. The van der Waals surface area contributed by atoms with Crippen molar-refractivity contribution in [1.82, 2.24) is 14.7 Å². The number of hydrogen-bond acceptors (Lipinski definition) is 4. The highest BCUT2D eigenvalue weighted by Gasteiger charge is 2.15. The minimum absolute atomic E-state index is 0.160. The number of nitrogens with one attached hydrogen (secondary N) is 1. The Morgan fingerprint density at radius 3 is 2.76 bits per heavy atom. The molecule has 0 saturated heterocycles. The Morgan fingerprint density at radius 1 is 1.24 bits per heavy atom. The first-order valence-corrected chi connectivity index (χ1v) is 8.45. The van der Waals surface area contributed by atoms with Gasteiger partial charge in [0.2, 0.25) is 0 Å². The first kappa shape index (κ1) is 17.3. The lowest BCUT2D eigenvalue weighted by Crippen LogP contribution is -2.23. The predicted molar refractivity (Wildman–Crippen MR) is 98.3 cm³/mol. The van der Waals surface area contributed by atoms with Crippen LogP contribution in [0.25, 0.3) is 5.52 Å².